The number of likely N-dealkylation sites (N-methyl/N-ethyl adjacent to an activating group) is 1. The van der Waals surface area contributed by atoms with Crippen LogP contribution in [0.4, 0.5) is 0 Å². The molecule has 2 rings (SSSR count). The van der Waals surface area contributed by atoms with Gasteiger partial charge in [-0.2, -0.15) is 0 Å². The molecule has 3 nitrogen and oxygen atoms in total. The van der Waals surface area contributed by atoms with Gasteiger partial charge in [-0.3, -0.25) is 0 Å². The van der Waals surface area contributed by atoms with Crippen LogP contribution in [0.2, 0.25) is 0 Å². The molecule has 0 aromatic heterocycles. The summed E-state index contributed by atoms with van der Waals surface area (Å²) in [5.74, 6) is 2.07. The lowest BCUT2D eigenvalue weighted by Crippen LogP contribution is -2.21. The van der Waals surface area contributed by atoms with Crippen molar-refractivity contribution in [1.29, 1.82) is 0 Å². The summed E-state index contributed by atoms with van der Waals surface area (Å²) in [7, 11) is 3.85. The topological polar surface area (TPSA) is 38.5 Å². The molecule has 16 heavy (non-hydrogen) atoms. The van der Waals surface area contributed by atoms with Crippen molar-refractivity contribution >= 4 is 0 Å². The van der Waals surface area contributed by atoms with E-state index in [1.165, 1.54) is 5.56 Å². The molecule has 0 saturated carbocycles. The Hall–Kier alpha value is -1.06. The third-order valence-electron chi connectivity index (χ3n) is 3.47. The average Bonchev–Trinajstić information content (AvgIpc) is 2.70. The number of likely N-dealkylation sites (tertiary alicyclic amines) is 1. The minimum Gasteiger partial charge on any atom is -0.497 e. The fraction of sp³-hybridized carbons (Fsp3) is 0.538. The van der Waals surface area contributed by atoms with Crippen molar-refractivity contribution in [2.75, 3.05) is 33.8 Å². The highest BCUT2D eigenvalue weighted by atomic mass is 16.5. The molecule has 1 aliphatic heterocycles. The SMILES string of the molecule is COc1ccc([C@@H]2CN(C)C[C@@H]2CN)cc1. The van der Waals surface area contributed by atoms with Gasteiger partial charge in [0.05, 0.1) is 7.11 Å². The van der Waals surface area contributed by atoms with Crippen molar-refractivity contribution in [1.82, 2.24) is 4.90 Å². The zero-order valence-electron chi connectivity index (χ0n) is 10.0. The summed E-state index contributed by atoms with van der Waals surface area (Å²) in [6.07, 6.45) is 0. The lowest BCUT2D eigenvalue weighted by Gasteiger charge is -2.17. The van der Waals surface area contributed by atoms with E-state index in [9.17, 15) is 0 Å². The van der Waals surface area contributed by atoms with Crippen LogP contribution in [0.5, 0.6) is 5.75 Å². The van der Waals surface area contributed by atoms with E-state index < -0.39 is 0 Å². The molecule has 0 spiro atoms. The number of hydrogen-bond donors (Lipinski definition) is 1. The van der Waals surface area contributed by atoms with Crippen molar-refractivity contribution in [3.05, 3.63) is 29.8 Å². The quantitative estimate of drug-likeness (QED) is 0.834. The van der Waals surface area contributed by atoms with Crippen molar-refractivity contribution in [2.24, 2.45) is 11.7 Å². The van der Waals surface area contributed by atoms with E-state index in [1.54, 1.807) is 7.11 Å². The molecule has 88 valence electrons. The van der Waals surface area contributed by atoms with Gasteiger partial charge in [0.2, 0.25) is 0 Å². The van der Waals surface area contributed by atoms with Crippen LogP contribution in [-0.4, -0.2) is 38.7 Å². The minimum atomic E-state index is 0.570. The third kappa shape index (κ3) is 2.20. The summed E-state index contributed by atoms with van der Waals surface area (Å²) in [4.78, 5) is 2.35. The van der Waals surface area contributed by atoms with Crippen LogP contribution in [-0.2, 0) is 0 Å². The van der Waals surface area contributed by atoms with Gasteiger partial charge in [0, 0.05) is 19.0 Å². The highest BCUT2D eigenvalue weighted by molar-refractivity contribution is 5.30. The Kier molecular flexibility index (Phi) is 3.46. The summed E-state index contributed by atoms with van der Waals surface area (Å²) in [5, 5.41) is 0. The molecule has 0 aliphatic carbocycles. The standard InChI is InChI=1S/C13H20N2O/c1-15-8-11(7-14)13(9-15)10-3-5-12(16-2)6-4-10/h3-6,11,13H,7-9,14H2,1-2H3/t11-,13-/m0/s1. The monoisotopic (exact) mass is 220 g/mol. The first kappa shape index (κ1) is 11.4. The van der Waals surface area contributed by atoms with E-state index in [2.05, 4.69) is 24.1 Å². The van der Waals surface area contributed by atoms with Gasteiger partial charge in [0.15, 0.2) is 0 Å². The maximum absolute atomic E-state index is 5.83. The van der Waals surface area contributed by atoms with Gasteiger partial charge in [-0.05, 0) is 37.2 Å². The fourth-order valence-corrected chi connectivity index (χ4v) is 2.55. The van der Waals surface area contributed by atoms with Crippen LogP contribution in [0.3, 0.4) is 0 Å². The zero-order valence-corrected chi connectivity index (χ0v) is 10.0. The second kappa shape index (κ2) is 4.85. The number of benzene rings is 1. The molecule has 0 unspecified atom stereocenters. The second-order valence-electron chi connectivity index (χ2n) is 4.60. The van der Waals surface area contributed by atoms with Crippen molar-refractivity contribution in [3.8, 4) is 5.75 Å². The third-order valence-corrected chi connectivity index (χ3v) is 3.47. The molecular formula is C13H20N2O. The van der Waals surface area contributed by atoms with Gasteiger partial charge in [-0.25, -0.2) is 0 Å². The largest absolute Gasteiger partial charge is 0.497 e. The first-order valence-electron chi connectivity index (χ1n) is 5.77. The molecule has 2 N–H and O–H groups in total. The number of nitrogens with zero attached hydrogens (tertiary/aromatic N) is 1. The molecular weight excluding hydrogens is 200 g/mol. The lowest BCUT2D eigenvalue weighted by molar-refractivity contribution is 0.397. The Bertz CT molecular complexity index is 336. The zero-order chi connectivity index (χ0) is 11.5. The molecule has 1 aromatic rings. The summed E-state index contributed by atoms with van der Waals surface area (Å²) in [6.45, 7) is 2.97. The maximum atomic E-state index is 5.83. The Labute approximate surface area is 97.2 Å². The summed E-state index contributed by atoms with van der Waals surface area (Å²) < 4.78 is 5.17. The molecule has 0 bridgehead atoms. The van der Waals surface area contributed by atoms with Crippen LogP contribution >= 0.6 is 0 Å². The van der Waals surface area contributed by atoms with Gasteiger partial charge in [-0.1, -0.05) is 12.1 Å². The van der Waals surface area contributed by atoms with E-state index in [0.29, 0.717) is 11.8 Å². The smallest absolute Gasteiger partial charge is 0.118 e. The molecule has 0 amide bonds. The van der Waals surface area contributed by atoms with Crippen molar-refractivity contribution < 1.29 is 4.74 Å². The Morgan fingerprint density at radius 2 is 2.00 bits per heavy atom. The first-order valence-corrected chi connectivity index (χ1v) is 5.77. The minimum absolute atomic E-state index is 0.570. The number of nitrogens with two attached hydrogens (primary N) is 1. The molecule has 3 heteroatoms. The lowest BCUT2D eigenvalue weighted by atomic mass is 9.89. The summed E-state index contributed by atoms with van der Waals surface area (Å²) >= 11 is 0. The highest BCUT2D eigenvalue weighted by Gasteiger charge is 2.30. The normalized spacial score (nSPS) is 25.9. The van der Waals surface area contributed by atoms with Gasteiger partial charge >= 0.3 is 0 Å². The van der Waals surface area contributed by atoms with E-state index in [-0.39, 0.29) is 0 Å². The Morgan fingerprint density at radius 1 is 1.31 bits per heavy atom. The summed E-state index contributed by atoms with van der Waals surface area (Å²) in [5.41, 5.74) is 7.20. The van der Waals surface area contributed by atoms with Crippen LogP contribution < -0.4 is 10.5 Å². The highest BCUT2D eigenvalue weighted by Crippen LogP contribution is 2.31. The second-order valence-corrected chi connectivity index (χ2v) is 4.60. The first-order chi connectivity index (χ1) is 7.74. The number of hydrogen-bond acceptors (Lipinski definition) is 3. The van der Waals surface area contributed by atoms with E-state index >= 15 is 0 Å². The van der Waals surface area contributed by atoms with Crippen molar-refractivity contribution in [3.63, 3.8) is 0 Å². The Morgan fingerprint density at radius 3 is 2.56 bits per heavy atom. The Balaban J connectivity index is 2.16. The molecule has 1 aromatic carbocycles. The maximum Gasteiger partial charge on any atom is 0.118 e. The molecule has 1 fully saturated rings. The van der Waals surface area contributed by atoms with Crippen LogP contribution in [0.15, 0.2) is 24.3 Å². The van der Waals surface area contributed by atoms with Crippen LogP contribution in [0, 0.1) is 5.92 Å². The molecule has 1 aliphatic rings. The predicted octanol–water partition coefficient (Wildman–Crippen LogP) is 1.30. The average molecular weight is 220 g/mol. The van der Waals surface area contributed by atoms with Crippen molar-refractivity contribution in [2.45, 2.75) is 5.92 Å². The number of methoxy groups -OCH3 is 1. The van der Waals surface area contributed by atoms with Crippen LogP contribution in [0.25, 0.3) is 0 Å². The van der Waals surface area contributed by atoms with Gasteiger partial charge in [-0.15, -0.1) is 0 Å². The molecule has 2 atom stereocenters. The van der Waals surface area contributed by atoms with E-state index in [4.69, 9.17) is 10.5 Å². The molecule has 0 radical (unpaired) electrons. The fourth-order valence-electron chi connectivity index (χ4n) is 2.55. The number of rotatable bonds is 3. The van der Waals surface area contributed by atoms with E-state index in [0.717, 1.165) is 25.4 Å². The molecule has 1 saturated heterocycles. The van der Waals surface area contributed by atoms with Crippen LogP contribution in [0.1, 0.15) is 11.5 Å². The van der Waals surface area contributed by atoms with Gasteiger partial charge < -0.3 is 15.4 Å². The predicted molar refractivity (Wildman–Crippen MR) is 65.8 cm³/mol. The van der Waals surface area contributed by atoms with Gasteiger partial charge in [0.1, 0.15) is 5.75 Å². The van der Waals surface area contributed by atoms with E-state index in [1.807, 2.05) is 12.1 Å². The number of ether oxygens (including phenoxy) is 1. The summed E-state index contributed by atoms with van der Waals surface area (Å²) in [6, 6.07) is 8.37. The molecule has 1 heterocycles. The van der Waals surface area contributed by atoms with Gasteiger partial charge in [0.25, 0.3) is 0 Å².